The highest BCUT2D eigenvalue weighted by Crippen LogP contribution is 2.40. The Morgan fingerprint density at radius 1 is 0.968 bits per heavy atom. The van der Waals surface area contributed by atoms with Gasteiger partial charge in [0, 0.05) is 38.6 Å². The van der Waals surface area contributed by atoms with Gasteiger partial charge in [0.1, 0.15) is 29.2 Å². The van der Waals surface area contributed by atoms with Crippen LogP contribution in [0.2, 0.25) is 0 Å². The molecule has 3 heterocycles. The van der Waals surface area contributed by atoms with E-state index >= 15 is 0 Å². The van der Waals surface area contributed by atoms with E-state index in [1.54, 1.807) is 0 Å². The lowest BCUT2D eigenvalue weighted by atomic mass is 10.2. The molecule has 6 rings (SSSR count). The number of imidazole rings is 2. The van der Waals surface area contributed by atoms with Gasteiger partial charge in [0.25, 0.3) is 0 Å². The first kappa shape index (κ1) is 18.9. The number of fused-ring (bicyclic) bond motifs is 2. The van der Waals surface area contributed by atoms with Crippen LogP contribution in [0.5, 0.6) is 5.75 Å². The molecule has 0 spiro atoms. The van der Waals surface area contributed by atoms with Crippen molar-refractivity contribution in [1.82, 2.24) is 24.8 Å². The Morgan fingerprint density at radius 2 is 1.77 bits per heavy atom. The van der Waals surface area contributed by atoms with E-state index in [1.807, 2.05) is 18.2 Å². The molecule has 0 unspecified atom stereocenters. The number of H-pyrrole nitrogens is 3. The first-order chi connectivity index (χ1) is 15.2. The number of ether oxygens (including phenoxy) is 1. The average molecular weight is 435 g/mol. The molecular formula is C23H26N6OS. The summed E-state index contributed by atoms with van der Waals surface area (Å²) in [7, 11) is 0. The van der Waals surface area contributed by atoms with Gasteiger partial charge >= 0.3 is 0 Å². The van der Waals surface area contributed by atoms with Crippen LogP contribution in [0.15, 0.2) is 36.4 Å². The Bertz CT molecular complexity index is 1280. The summed E-state index contributed by atoms with van der Waals surface area (Å²) in [6.07, 6.45) is 2.53. The van der Waals surface area contributed by atoms with Crippen molar-refractivity contribution in [2.75, 3.05) is 44.2 Å². The van der Waals surface area contributed by atoms with Gasteiger partial charge in [-0.2, -0.15) is 0 Å². The van der Waals surface area contributed by atoms with E-state index in [-0.39, 0.29) is 0 Å². The molecule has 0 atom stereocenters. The number of aromatic nitrogens is 4. The Hall–Kier alpha value is -2.84. The van der Waals surface area contributed by atoms with Gasteiger partial charge in [-0.05, 0) is 49.3 Å². The minimum absolute atomic E-state index is 0.623. The van der Waals surface area contributed by atoms with Crippen molar-refractivity contribution in [1.29, 1.82) is 0 Å². The quantitative estimate of drug-likeness (QED) is 0.397. The van der Waals surface area contributed by atoms with Crippen molar-refractivity contribution in [2.24, 2.45) is 0 Å². The summed E-state index contributed by atoms with van der Waals surface area (Å²) in [5.74, 6) is 2.65. The molecule has 1 saturated heterocycles. The normalized spacial score (nSPS) is 17.6. The van der Waals surface area contributed by atoms with E-state index in [9.17, 15) is 0 Å². The molecule has 8 heteroatoms. The lowest BCUT2D eigenvalue weighted by Crippen LogP contribution is -2.47. The Morgan fingerprint density at radius 3 is 2.61 bits per heavy atom. The van der Waals surface area contributed by atoms with Crippen LogP contribution in [0.25, 0.3) is 22.1 Å². The number of nitrogens with one attached hydrogen (secondary N) is 3. The summed E-state index contributed by atoms with van der Waals surface area (Å²) >= 11 is 5.20. The maximum atomic E-state index is 6.07. The Kier molecular flexibility index (Phi) is 4.69. The number of rotatable bonds is 6. The number of para-hydroxylation sites is 2. The second kappa shape index (κ2) is 7.69. The molecule has 7 nitrogen and oxygen atoms in total. The topological polar surface area (TPSA) is 76.0 Å². The average Bonchev–Trinajstić information content (AvgIpc) is 3.42. The minimum Gasteiger partial charge on any atom is -0.490 e. The zero-order chi connectivity index (χ0) is 20.8. The number of hydrogen-bond donors (Lipinski definition) is 3. The third kappa shape index (κ3) is 3.70. The summed E-state index contributed by atoms with van der Waals surface area (Å²) in [5.41, 5.74) is 5.46. The summed E-state index contributed by atoms with van der Waals surface area (Å²) in [6.45, 7) is 5.63. The van der Waals surface area contributed by atoms with Crippen LogP contribution in [-0.2, 0) is 0 Å². The third-order valence-electron chi connectivity index (χ3n) is 6.36. The van der Waals surface area contributed by atoms with Gasteiger partial charge in [-0.25, -0.2) is 4.98 Å². The zero-order valence-corrected chi connectivity index (χ0v) is 18.2. The van der Waals surface area contributed by atoms with Crippen molar-refractivity contribution in [3.63, 3.8) is 0 Å². The van der Waals surface area contributed by atoms with Crippen LogP contribution in [0.1, 0.15) is 24.6 Å². The number of piperazine rings is 1. The molecule has 0 bridgehead atoms. The van der Waals surface area contributed by atoms with Gasteiger partial charge in [-0.3, -0.25) is 4.90 Å². The van der Waals surface area contributed by atoms with Crippen molar-refractivity contribution in [2.45, 2.75) is 18.8 Å². The molecule has 0 amide bonds. The van der Waals surface area contributed by atoms with Gasteiger partial charge in [-0.15, -0.1) is 0 Å². The fraction of sp³-hybridized carbons (Fsp3) is 0.391. The van der Waals surface area contributed by atoms with Crippen LogP contribution >= 0.6 is 12.2 Å². The molecule has 1 saturated carbocycles. The smallest absolute Gasteiger partial charge is 0.175 e. The van der Waals surface area contributed by atoms with Gasteiger partial charge in [-0.1, -0.05) is 12.1 Å². The Balaban J connectivity index is 1.07. The Labute approximate surface area is 185 Å². The van der Waals surface area contributed by atoms with Gasteiger partial charge in [0.15, 0.2) is 4.77 Å². The maximum absolute atomic E-state index is 6.07. The number of benzene rings is 2. The molecule has 2 aromatic heterocycles. The lowest BCUT2D eigenvalue weighted by molar-refractivity contribution is 0.201. The summed E-state index contributed by atoms with van der Waals surface area (Å²) in [4.78, 5) is 19.7. The predicted octanol–water partition coefficient (Wildman–Crippen LogP) is 4.18. The monoisotopic (exact) mass is 434 g/mol. The third-order valence-corrected chi connectivity index (χ3v) is 6.57. The SMILES string of the molecule is S=c1[nH]c2cccc(OCCN3CCN(c4cccc5[nH]c(C6CC6)nc45)CC3)c2[nH]1. The molecule has 0 radical (unpaired) electrons. The standard InChI is InChI=1S/C23H26N6OS/c31-23-25-17-4-2-6-19(21(17)27-23)30-14-13-28-9-11-29(12-10-28)18-5-1-3-16-20(18)26-22(24-16)15-7-8-15/h1-6,15H,7-14H2,(H,24,26)(H2,25,27,31). The molecule has 1 aliphatic heterocycles. The van der Waals surface area contributed by atoms with Gasteiger partial charge in [0.2, 0.25) is 0 Å². The van der Waals surface area contributed by atoms with Crippen molar-refractivity contribution in [3.8, 4) is 5.75 Å². The number of anilines is 1. The van der Waals surface area contributed by atoms with Crippen LogP contribution in [-0.4, -0.2) is 64.2 Å². The van der Waals surface area contributed by atoms with E-state index in [1.165, 1.54) is 18.5 Å². The van der Waals surface area contributed by atoms with Crippen LogP contribution in [0.4, 0.5) is 5.69 Å². The van der Waals surface area contributed by atoms with E-state index in [0.29, 0.717) is 17.3 Å². The largest absolute Gasteiger partial charge is 0.490 e. The molecule has 31 heavy (non-hydrogen) atoms. The second-order valence-electron chi connectivity index (χ2n) is 8.50. The molecule has 4 aromatic rings. The van der Waals surface area contributed by atoms with Crippen LogP contribution in [0.3, 0.4) is 0 Å². The van der Waals surface area contributed by atoms with Crippen LogP contribution in [0, 0.1) is 4.77 Å². The number of nitrogens with zero attached hydrogens (tertiary/aromatic N) is 3. The molecule has 2 aliphatic rings. The number of hydrogen-bond acceptors (Lipinski definition) is 5. The lowest BCUT2D eigenvalue weighted by Gasteiger charge is -2.36. The second-order valence-corrected chi connectivity index (χ2v) is 8.91. The van der Waals surface area contributed by atoms with Crippen molar-refractivity contribution < 1.29 is 4.74 Å². The van der Waals surface area contributed by atoms with E-state index in [0.717, 1.165) is 66.4 Å². The van der Waals surface area contributed by atoms with Gasteiger partial charge in [0.05, 0.1) is 16.7 Å². The minimum atomic E-state index is 0.623. The summed E-state index contributed by atoms with van der Waals surface area (Å²) in [5, 5.41) is 0. The molecular weight excluding hydrogens is 408 g/mol. The van der Waals surface area contributed by atoms with Crippen molar-refractivity contribution in [3.05, 3.63) is 47.0 Å². The zero-order valence-electron chi connectivity index (χ0n) is 17.4. The molecule has 1 aliphatic carbocycles. The molecule has 3 N–H and O–H groups in total. The molecule has 2 fully saturated rings. The molecule has 2 aromatic carbocycles. The highest BCUT2D eigenvalue weighted by molar-refractivity contribution is 7.71. The summed E-state index contributed by atoms with van der Waals surface area (Å²) in [6, 6.07) is 12.5. The summed E-state index contributed by atoms with van der Waals surface area (Å²) < 4.78 is 6.69. The molecule has 160 valence electrons. The highest BCUT2D eigenvalue weighted by Gasteiger charge is 2.28. The maximum Gasteiger partial charge on any atom is 0.175 e. The van der Waals surface area contributed by atoms with Crippen LogP contribution < -0.4 is 9.64 Å². The van der Waals surface area contributed by atoms with E-state index < -0.39 is 0 Å². The van der Waals surface area contributed by atoms with E-state index in [4.69, 9.17) is 21.9 Å². The predicted molar refractivity (Wildman–Crippen MR) is 126 cm³/mol. The van der Waals surface area contributed by atoms with E-state index in [2.05, 4.69) is 43.0 Å². The highest BCUT2D eigenvalue weighted by atomic mass is 32.1. The fourth-order valence-electron chi connectivity index (χ4n) is 4.49. The van der Waals surface area contributed by atoms with Crippen molar-refractivity contribution >= 4 is 40.0 Å². The first-order valence-electron chi connectivity index (χ1n) is 11.0. The number of aromatic amines is 3. The fourth-order valence-corrected chi connectivity index (χ4v) is 4.70. The first-order valence-corrected chi connectivity index (χ1v) is 11.5. The van der Waals surface area contributed by atoms with Gasteiger partial charge < -0.3 is 24.6 Å².